The smallest absolute Gasteiger partial charge is 0.233 e. The van der Waals surface area contributed by atoms with E-state index < -0.39 is 5.92 Å². The molecule has 0 saturated heterocycles. The van der Waals surface area contributed by atoms with Gasteiger partial charge in [-0.05, 0) is 38.0 Å². The Morgan fingerprint density at radius 3 is 1.61 bits per heavy atom. The predicted octanol–water partition coefficient (Wildman–Crippen LogP) is 0.993. The third-order valence-electron chi connectivity index (χ3n) is 6.36. The third kappa shape index (κ3) is 9.09. The highest BCUT2D eigenvalue weighted by atomic mass is 16.5. The standard InChI is InChI=1S/C24H42N4O5/c1-9-27(3,4)13-11-25-23(30)19(24(31)26-12-14-28(5,6)10-2)15-18-16-20(32-7)22(29)21(17-18)33-8/h16-17,19H,9-15H2,1-8H3,(H-2,25,26,29,30,31)/p+2. The van der Waals surface area contributed by atoms with Crippen LogP contribution in [0, 0.1) is 5.92 Å². The number of benzene rings is 1. The van der Waals surface area contributed by atoms with Crippen LogP contribution in [0.1, 0.15) is 19.4 Å². The van der Waals surface area contributed by atoms with E-state index in [-0.39, 0.29) is 35.5 Å². The number of likely N-dealkylation sites (N-methyl/N-ethyl adjacent to an activating group) is 2. The van der Waals surface area contributed by atoms with Gasteiger partial charge < -0.3 is 34.2 Å². The Morgan fingerprint density at radius 2 is 1.27 bits per heavy atom. The zero-order chi connectivity index (χ0) is 25.2. The van der Waals surface area contributed by atoms with E-state index in [4.69, 9.17) is 9.47 Å². The van der Waals surface area contributed by atoms with Crippen molar-refractivity contribution in [3.05, 3.63) is 17.7 Å². The van der Waals surface area contributed by atoms with Crippen LogP contribution in [0.15, 0.2) is 12.1 Å². The van der Waals surface area contributed by atoms with Gasteiger partial charge in [-0.15, -0.1) is 0 Å². The minimum atomic E-state index is -0.918. The summed E-state index contributed by atoms with van der Waals surface area (Å²) in [6.07, 6.45) is 0.155. The first-order valence-electron chi connectivity index (χ1n) is 11.5. The van der Waals surface area contributed by atoms with Gasteiger partial charge in [0.15, 0.2) is 11.5 Å². The lowest BCUT2D eigenvalue weighted by atomic mass is 9.96. The van der Waals surface area contributed by atoms with Gasteiger partial charge in [-0.1, -0.05) is 0 Å². The molecule has 0 unspecified atom stereocenters. The summed E-state index contributed by atoms with van der Waals surface area (Å²) < 4.78 is 12.0. The molecule has 0 aliphatic carbocycles. The van der Waals surface area contributed by atoms with E-state index in [9.17, 15) is 14.7 Å². The molecule has 3 N–H and O–H groups in total. The first kappa shape index (κ1) is 28.5. The van der Waals surface area contributed by atoms with Crippen LogP contribution in [0.4, 0.5) is 0 Å². The summed E-state index contributed by atoms with van der Waals surface area (Å²) in [6.45, 7) is 8.56. The third-order valence-corrected chi connectivity index (χ3v) is 6.36. The van der Waals surface area contributed by atoms with E-state index in [0.717, 1.165) is 35.1 Å². The number of ether oxygens (including phenoxy) is 2. The Hall–Kier alpha value is -2.52. The van der Waals surface area contributed by atoms with E-state index in [0.29, 0.717) is 18.7 Å². The highest BCUT2D eigenvalue weighted by molar-refractivity contribution is 6.00. The molecule has 1 aromatic rings. The van der Waals surface area contributed by atoms with Crippen molar-refractivity contribution >= 4 is 11.8 Å². The number of nitrogens with zero attached hydrogens (tertiary/aromatic N) is 2. The van der Waals surface area contributed by atoms with Crippen LogP contribution in [0.2, 0.25) is 0 Å². The Balaban J connectivity index is 3.04. The van der Waals surface area contributed by atoms with Crippen LogP contribution in [-0.2, 0) is 16.0 Å². The van der Waals surface area contributed by atoms with Gasteiger partial charge in [0.2, 0.25) is 17.6 Å². The highest BCUT2D eigenvalue weighted by Gasteiger charge is 2.29. The van der Waals surface area contributed by atoms with Crippen molar-refractivity contribution in [1.29, 1.82) is 0 Å². The quantitative estimate of drug-likeness (QED) is 0.280. The van der Waals surface area contributed by atoms with Gasteiger partial charge in [0, 0.05) is 0 Å². The summed E-state index contributed by atoms with van der Waals surface area (Å²) in [5, 5.41) is 16.0. The van der Waals surface area contributed by atoms with Gasteiger partial charge in [0.1, 0.15) is 5.92 Å². The molecule has 0 aliphatic heterocycles. The molecule has 0 spiro atoms. The van der Waals surface area contributed by atoms with Gasteiger partial charge in [-0.2, -0.15) is 0 Å². The fourth-order valence-corrected chi connectivity index (χ4v) is 3.13. The summed E-state index contributed by atoms with van der Waals surface area (Å²) in [6, 6.07) is 3.25. The normalized spacial score (nSPS) is 11.9. The molecule has 188 valence electrons. The number of carbonyl (C=O) groups excluding carboxylic acids is 2. The summed E-state index contributed by atoms with van der Waals surface area (Å²) in [5.74, 6) is -1.22. The second-order valence-electron chi connectivity index (χ2n) is 9.64. The lowest BCUT2D eigenvalue weighted by molar-refractivity contribution is -0.887. The van der Waals surface area contributed by atoms with E-state index in [1.165, 1.54) is 14.2 Å². The number of nitrogens with one attached hydrogen (secondary N) is 2. The van der Waals surface area contributed by atoms with Crippen molar-refractivity contribution < 1.29 is 33.1 Å². The van der Waals surface area contributed by atoms with Crippen LogP contribution in [0.25, 0.3) is 0 Å². The maximum atomic E-state index is 13.1. The molecule has 33 heavy (non-hydrogen) atoms. The molecule has 0 heterocycles. The van der Waals surface area contributed by atoms with Crippen molar-refractivity contribution in [2.75, 3.05) is 81.7 Å². The Kier molecular flexibility index (Phi) is 10.9. The van der Waals surface area contributed by atoms with Crippen molar-refractivity contribution in [3.8, 4) is 17.2 Å². The molecule has 0 aliphatic rings. The summed E-state index contributed by atoms with van der Waals surface area (Å²) in [4.78, 5) is 26.1. The Bertz CT molecular complexity index is 736. The van der Waals surface area contributed by atoms with Crippen LogP contribution < -0.4 is 20.1 Å². The molecule has 2 amide bonds. The largest absolute Gasteiger partial charge is 0.502 e. The summed E-state index contributed by atoms with van der Waals surface area (Å²) in [5.41, 5.74) is 0.658. The molecule has 0 fully saturated rings. The first-order valence-corrected chi connectivity index (χ1v) is 11.5. The van der Waals surface area contributed by atoms with Gasteiger partial charge in [0.25, 0.3) is 0 Å². The van der Waals surface area contributed by atoms with E-state index in [1.807, 2.05) is 0 Å². The minimum absolute atomic E-state index is 0.117. The lowest BCUT2D eigenvalue weighted by Gasteiger charge is -2.29. The van der Waals surface area contributed by atoms with Gasteiger partial charge in [0.05, 0.1) is 81.7 Å². The Labute approximate surface area is 198 Å². The number of phenolic OH excluding ortho intramolecular Hbond substituents is 1. The first-order chi connectivity index (χ1) is 15.4. The van der Waals surface area contributed by atoms with Crippen molar-refractivity contribution in [1.82, 2.24) is 10.6 Å². The molecular weight excluding hydrogens is 424 g/mol. The molecule has 9 heteroatoms. The molecule has 0 bridgehead atoms. The number of methoxy groups -OCH3 is 2. The minimum Gasteiger partial charge on any atom is -0.502 e. The Morgan fingerprint density at radius 1 is 0.879 bits per heavy atom. The number of carbonyl (C=O) groups is 2. The molecule has 0 aromatic heterocycles. The number of rotatable bonds is 14. The fraction of sp³-hybridized carbons (Fsp3) is 0.667. The number of hydrogen-bond acceptors (Lipinski definition) is 5. The van der Waals surface area contributed by atoms with Crippen LogP contribution in [0.3, 0.4) is 0 Å². The monoisotopic (exact) mass is 468 g/mol. The highest BCUT2D eigenvalue weighted by Crippen LogP contribution is 2.37. The van der Waals surface area contributed by atoms with Gasteiger partial charge in [-0.3, -0.25) is 9.59 Å². The fourth-order valence-electron chi connectivity index (χ4n) is 3.13. The van der Waals surface area contributed by atoms with E-state index >= 15 is 0 Å². The average molecular weight is 469 g/mol. The zero-order valence-corrected chi connectivity index (χ0v) is 21.7. The molecule has 1 aromatic carbocycles. The van der Waals surface area contributed by atoms with Gasteiger partial charge >= 0.3 is 0 Å². The van der Waals surface area contributed by atoms with Crippen molar-refractivity contribution in [3.63, 3.8) is 0 Å². The topological polar surface area (TPSA) is 96.9 Å². The number of aromatic hydroxyl groups is 1. The zero-order valence-electron chi connectivity index (χ0n) is 21.7. The number of phenols is 1. The van der Waals surface area contributed by atoms with E-state index in [1.54, 1.807) is 12.1 Å². The van der Waals surface area contributed by atoms with Crippen molar-refractivity contribution in [2.45, 2.75) is 20.3 Å². The molecule has 9 nitrogen and oxygen atoms in total. The maximum absolute atomic E-state index is 13.1. The van der Waals surface area contributed by atoms with Gasteiger partial charge in [-0.25, -0.2) is 0 Å². The lowest BCUT2D eigenvalue weighted by Crippen LogP contribution is -2.50. The average Bonchev–Trinajstić information content (AvgIpc) is 2.77. The van der Waals surface area contributed by atoms with Crippen LogP contribution in [-0.4, -0.2) is 108 Å². The number of quaternary nitrogens is 2. The SMILES string of the molecule is CC[N+](C)(C)CCNC(=O)C(Cc1cc(OC)c(O)c(OC)c1)C(=O)NCC[N+](C)(C)CC. The maximum Gasteiger partial charge on any atom is 0.233 e. The van der Waals surface area contributed by atoms with Crippen molar-refractivity contribution in [2.24, 2.45) is 5.92 Å². The molecule has 0 atom stereocenters. The second kappa shape index (κ2) is 12.6. The van der Waals surface area contributed by atoms with Crippen LogP contribution in [0.5, 0.6) is 17.2 Å². The summed E-state index contributed by atoms with van der Waals surface area (Å²) in [7, 11) is 11.3. The van der Waals surface area contributed by atoms with Crippen LogP contribution >= 0.6 is 0 Å². The number of hydrogen-bond donors (Lipinski definition) is 3. The molecule has 1 rings (SSSR count). The summed E-state index contributed by atoms with van der Waals surface area (Å²) >= 11 is 0. The second-order valence-corrected chi connectivity index (χ2v) is 9.64. The molecule has 0 saturated carbocycles. The predicted molar refractivity (Wildman–Crippen MR) is 129 cm³/mol. The number of amides is 2. The molecular formula is C24H44N4O5+2. The van der Waals surface area contributed by atoms with E-state index in [2.05, 4.69) is 52.7 Å². The molecule has 0 radical (unpaired) electrons.